The molecule has 0 saturated heterocycles. The number of benzene rings is 1. The fraction of sp³-hybridized carbons (Fsp3) is 0.391. The largest absolute Gasteiger partial charge is 0.383 e. The predicted molar refractivity (Wildman–Crippen MR) is 133 cm³/mol. The number of amides is 1. The first-order chi connectivity index (χ1) is 16.0. The van der Waals surface area contributed by atoms with E-state index < -0.39 is 0 Å². The number of thiophene rings is 1. The number of halogens is 1. The lowest BCUT2D eigenvalue weighted by atomic mass is 10.0. The van der Waals surface area contributed by atoms with Gasteiger partial charge in [0.05, 0.1) is 34.6 Å². The van der Waals surface area contributed by atoms with Gasteiger partial charge in [-0.2, -0.15) is 0 Å². The first-order valence-electron chi connectivity index (χ1n) is 10.7. The van der Waals surface area contributed by atoms with Gasteiger partial charge in [0, 0.05) is 51.1 Å². The molecule has 0 aliphatic carbocycles. The van der Waals surface area contributed by atoms with Gasteiger partial charge in [-0.1, -0.05) is 23.7 Å². The fourth-order valence-electron chi connectivity index (χ4n) is 3.76. The minimum Gasteiger partial charge on any atom is -0.383 e. The third-order valence-electron chi connectivity index (χ3n) is 5.58. The highest BCUT2D eigenvalue weighted by Gasteiger charge is 2.23. The summed E-state index contributed by atoms with van der Waals surface area (Å²) < 4.78 is 5.87. The van der Waals surface area contributed by atoms with Gasteiger partial charge in [-0.25, -0.2) is 0 Å². The highest BCUT2D eigenvalue weighted by atomic mass is 35.5. The molecule has 0 radical (unpaired) electrons. The van der Waals surface area contributed by atoms with E-state index in [-0.39, 0.29) is 12.0 Å². The van der Waals surface area contributed by atoms with Gasteiger partial charge in [0.1, 0.15) is 11.9 Å². The minimum absolute atomic E-state index is 0.164. The monoisotopic (exact) mass is 489 g/mol. The van der Waals surface area contributed by atoms with Crippen LogP contribution in [0.4, 0.5) is 5.69 Å². The van der Waals surface area contributed by atoms with Crippen molar-refractivity contribution in [2.45, 2.75) is 6.10 Å². The summed E-state index contributed by atoms with van der Waals surface area (Å²) in [6, 6.07) is 9.76. The van der Waals surface area contributed by atoms with Crippen molar-refractivity contribution in [1.82, 2.24) is 15.7 Å². The molecule has 1 amide bonds. The Hall–Kier alpha value is -2.59. The fourth-order valence-corrected chi connectivity index (χ4v) is 4.72. The molecule has 1 unspecified atom stereocenters. The number of anilines is 1. The van der Waals surface area contributed by atoms with Crippen LogP contribution in [-0.4, -0.2) is 76.7 Å². The standard InChI is InChI=1S/C23H28ClN5O3S/c1-28(10-11-31-3)19-12-15(22-25-8-9-29(22)2)4-5-17(19)18-13-16(32-27-18)14-26-23(30)20-6-7-21(24)33-20/h4-7,12-13,16,27H,8-11,14H2,1-3H3,(H,26,30). The van der Waals surface area contributed by atoms with Crippen molar-refractivity contribution < 1.29 is 14.4 Å². The molecule has 2 N–H and O–H groups in total. The summed E-state index contributed by atoms with van der Waals surface area (Å²) in [5.74, 6) is 0.838. The molecule has 33 heavy (non-hydrogen) atoms. The Morgan fingerprint density at radius 2 is 2.27 bits per heavy atom. The van der Waals surface area contributed by atoms with Crippen LogP contribution in [-0.2, 0) is 9.57 Å². The number of nitrogens with zero attached hydrogens (tertiary/aromatic N) is 3. The van der Waals surface area contributed by atoms with Gasteiger partial charge in [-0.05, 0) is 24.3 Å². The smallest absolute Gasteiger partial charge is 0.261 e. The van der Waals surface area contributed by atoms with E-state index in [1.807, 2.05) is 13.1 Å². The van der Waals surface area contributed by atoms with Gasteiger partial charge in [-0.3, -0.25) is 20.1 Å². The van der Waals surface area contributed by atoms with E-state index in [9.17, 15) is 4.79 Å². The number of hydrogen-bond acceptors (Lipinski definition) is 8. The van der Waals surface area contributed by atoms with Gasteiger partial charge in [-0.15, -0.1) is 11.3 Å². The van der Waals surface area contributed by atoms with E-state index in [1.54, 1.807) is 19.2 Å². The quantitative estimate of drug-likeness (QED) is 0.564. The Kier molecular flexibility index (Phi) is 7.54. The molecule has 8 nitrogen and oxygen atoms in total. The number of methoxy groups -OCH3 is 1. The number of nitrogens with one attached hydrogen (secondary N) is 2. The first-order valence-corrected chi connectivity index (χ1v) is 11.9. The number of ether oxygens (including phenoxy) is 1. The summed E-state index contributed by atoms with van der Waals surface area (Å²) in [6.45, 7) is 3.45. The zero-order chi connectivity index (χ0) is 23.4. The van der Waals surface area contributed by atoms with E-state index >= 15 is 0 Å². The Morgan fingerprint density at radius 1 is 1.42 bits per heavy atom. The SMILES string of the molecule is COCCN(C)c1cc(C2=NCCN2C)ccc1C1=CC(CNC(=O)c2ccc(Cl)s2)ON1. The zero-order valence-corrected chi connectivity index (χ0v) is 20.5. The maximum absolute atomic E-state index is 12.3. The molecule has 176 valence electrons. The molecule has 0 bridgehead atoms. The lowest BCUT2D eigenvalue weighted by molar-refractivity contribution is 0.0499. The van der Waals surface area contributed by atoms with Crippen molar-refractivity contribution >= 4 is 46.1 Å². The normalized spacial score (nSPS) is 17.6. The molecule has 4 rings (SSSR count). The molecule has 0 spiro atoms. The summed E-state index contributed by atoms with van der Waals surface area (Å²) in [5.41, 5.74) is 7.03. The second-order valence-electron chi connectivity index (χ2n) is 7.93. The maximum atomic E-state index is 12.3. The lowest BCUT2D eigenvalue weighted by Gasteiger charge is -2.24. The van der Waals surface area contributed by atoms with Gasteiger partial charge < -0.3 is 19.9 Å². The molecule has 2 aliphatic heterocycles. The molecule has 2 aromatic rings. The third-order valence-corrected chi connectivity index (χ3v) is 6.81. The van der Waals surface area contributed by atoms with E-state index in [4.69, 9.17) is 21.2 Å². The van der Waals surface area contributed by atoms with Crippen LogP contribution in [0.25, 0.3) is 5.70 Å². The molecular formula is C23H28ClN5O3S. The van der Waals surface area contributed by atoms with Crippen molar-refractivity contribution in [2.24, 2.45) is 4.99 Å². The minimum atomic E-state index is -0.290. The van der Waals surface area contributed by atoms with E-state index in [0.29, 0.717) is 22.4 Å². The average molecular weight is 490 g/mol. The number of hydrogen-bond donors (Lipinski definition) is 2. The predicted octanol–water partition coefficient (Wildman–Crippen LogP) is 2.85. The van der Waals surface area contributed by atoms with Crippen molar-refractivity contribution in [2.75, 3.05) is 58.9 Å². The third kappa shape index (κ3) is 5.50. The van der Waals surface area contributed by atoms with Gasteiger partial charge >= 0.3 is 0 Å². The molecule has 1 aromatic heterocycles. The Morgan fingerprint density at radius 3 is 2.97 bits per heavy atom. The molecule has 10 heteroatoms. The van der Waals surface area contributed by atoms with Gasteiger partial charge in [0.25, 0.3) is 5.91 Å². The number of rotatable bonds is 9. The second kappa shape index (κ2) is 10.6. The van der Waals surface area contributed by atoms with E-state index in [1.165, 1.54) is 11.3 Å². The van der Waals surface area contributed by atoms with E-state index in [2.05, 4.69) is 50.8 Å². The zero-order valence-electron chi connectivity index (χ0n) is 18.9. The molecule has 0 fully saturated rings. The number of carbonyl (C=O) groups excluding carboxylic acids is 1. The second-order valence-corrected chi connectivity index (χ2v) is 9.64. The van der Waals surface area contributed by atoms with E-state index in [0.717, 1.165) is 48.0 Å². The Labute approximate surface area is 202 Å². The topological polar surface area (TPSA) is 78.4 Å². The van der Waals surface area contributed by atoms with Crippen LogP contribution in [0.5, 0.6) is 0 Å². The van der Waals surface area contributed by atoms with Crippen LogP contribution in [0.3, 0.4) is 0 Å². The van der Waals surface area contributed by atoms with Crippen LogP contribution in [0.15, 0.2) is 41.4 Å². The number of carbonyl (C=O) groups is 1. The average Bonchev–Trinajstić information content (AvgIpc) is 3.56. The van der Waals surface area contributed by atoms with Crippen molar-refractivity contribution in [3.8, 4) is 0 Å². The van der Waals surface area contributed by atoms with Crippen LogP contribution in [0, 0.1) is 0 Å². The summed E-state index contributed by atoms with van der Waals surface area (Å²) in [5, 5.41) is 2.90. The molecule has 1 atom stereocenters. The van der Waals surface area contributed by atoms with Crippen molar-refractivity contribution in [3.63, 3.8) is 0 Å². The molecule has 2 aliphatic rings. The van der Waals surface area contributed by atoms with Gasteiger partial charge in [0.2, 0.25) is 0 Å². The first kappa shape index (κ1) is 23.6. The van der Waals surface area contributed by atoms with Gasteiger partial charge in [0.15, 0.2) is 0 Å². The summed E-state index contributed by atoms with van der Waals surface area (Å²) in [6.07, 6.45) is 1.70. The Balaban J connectivity index is 1.52. The number of likely N-dealkylation sites (N-methyl/N-ethyl adjacent to an activating group) is 2. The van der Waals surface area contributed by atoms with Crippen molar-refractivity contribution in [1.29, 1.82) is 0 Å². The highest BCUT2D eigenvalue weighted by Crippen LogP contribution is 2.30. The van der Waals surface area contributed by atoms with Crippen LogP contribution in [0.2, 0.25) is 4.34 Å². The lowest BCUT2D eigenvalue weighted by Crippen LogP contribution is -2.32. The summed E-state index contributed by atoms with van der Waals surface area (Å²) in [4.78, 5) is 27.6. The number of amidine groups is 1. The maximum Gasteiger partial charge on any atom is 0.261 e. The summed E-state index contributed by atoms with van der Waals surface area (Å²) in [7, 11) is 5.80. The molecule has 1 aromatic carbocycles. The molecule has 0 saturated carbocycles. The van der Waals surface area contributed by atoms with Crippen LogP contribution >= 0.6 is 22.9 Å². The molecular weight excluding hydrogens is 462 g/mol. The highest BCUT2D eigenvalue weighted by molar-refractivity contribution is 7.18. The van der Waals surface area contributed by atoms with Crippen LogP contribution < -0.4 is 15.7 Å². The Bertz CT molecular complexity index is 1070. The summed E-state index contributed by atoms with van der Waals surface area (Å²) >= 11 is 7.18. The number of aliphatic imine (C=N–C) groups is 1. The van der Waals surface area contributed by atoms with Crippen molar-refractivity contribution in [3.05, 3.63) is 56.7 Å². The number of hydroxylamine groups is 1. The molecule has 3 heterocycles. The van der Waals surface area contributed by atoms with Crippen LogP contribution in [0.1, 0.15) is 20.8 Å².